The van der Waals surface area contributed by atoms with Gasteiger partial charge in [-0.05, 0) is 79.6 Å². The van der Waals surface area contributed by atoms with Crippen LogP contribution in [0.15, 0.2) is 35.7 Å². The van der Waals surface area contributed by atoms with Crippen LogP contribution in [0.1, 0.15) is 62.5 Å². The first-order valence-corrected chi connectivity index (χ1v) is 12.0. The molecule has 158 valence electrons. The minimum Gasteiger partial charge on any atom is -0.426 e. The van der Waals surface area contributed by atoms with Crippen LogP contribution >= 0.6 is 11.3 Å². The number of carbonyl (C=O) groups excluding carboxylic acids is 1. The average Bonchev–Trinajstić information content (AvgIpc) is 3.23. The summed E-state index contributed by atoms with van der Waals surface area (Å²) in [6, 6.07) is 11.2. The second kappa shape index (κ2) is 10.9. The monoisotopic (exact) mass is 413 g/mol. The molecule has 1 aliphatic rings. The molecule has 0 bridgehead atoms. The third kappa shape index (κ3) is 6.42. The molecule has 0 radical (unpaired) electrons. The van der Waals surface area contributed by atoms with Crippen molar-refractivity contribution >= 4 is 17.3 Å². The maximum Gasteiger partial charge on any atom is 0.311 e. The van der Waals surface area contributed by atoms with Crippen molar-refractivity contribution in [2.75, 3.05) is 13.1 Å². The second-order valence-electron chi connectivity index (χ2n) is 8.56. The molecule has 2 aromatic rings. The number of ether oxygens (including phenoxy) is 1. The van der Waals surface area contributed by atoms with Gasteiger partial charge in [0, 0.05) is 23.9 Å². The third-order valence-corrected chi connectivity index (χ3v) is 6.75. The first-order valence-electron chi connectivity index (χ1n) is 11.1. The van der Waals surface area contributed by atoms with Crippen molar-refractivity contribution in [3.8, 4) is 5.75 Å². The second-order valence-corrected chi connectivity index (χ2v) is 9.59. The molecule has 1 aromatic heterocycles. The number of hydrogen-bond acceptors (Lipinski definition) is 4. The maximum atomic E-state index is 12.2. The number of esters is 1. The van der Waals surface area contributed by atoms with E-state index in [0.29, 0.717) is 18.4 Å². The Balaban J connectivity index is 1.63. The largest absolute Gasteiger partial charge is 0.426 e. The van der Waals surface area contributed by atoms with E-state index in [2.05, 4.69) is 49.3 Å². The smallest absolute Gasteiger partial charge is 0.311 e. The Morgan fingerprint density at radius 1 is 1.24 bits per heavy atom. The molecule has 1 heterocycles. The molecule has 1 aromatic carbocycles. The van der Waals surface area contributed by atoms with E-state index in [1.165, 1.54) is 22.4 Å². The summed E-state index contributed by atoms with van der Waals surface area (Å²) in [6.07, 6.45) is 6.88. The van der Waals surface area contributed by atoms with Gasteiger partial charge in [0.15, 0.2) is 0 Å². The highest BCUT2D eigenvalue weighted by molar-refractivity contribution is 7.09. The van der Waals surface area contributed by atoms with Crippen LogP contribution in [0, 0.1) is 5.92 Å². The molecule has 0 amide bonds. The minimum absolute atomic E-state index is 0.0993. The van der Waals surface area contributed by atoms with Crippen molar-refractivity contribution in [3.63, 3.8) is 0 Å². The number of carbonyl (C=O) groups is 1. The fourth-order valence-electron chi connectivity index (χ4n) is 4.21. The van der Waals surface area contributed by atoms with E-state index in [1.807, 2.05) is 23.5 Å². The first-order chi connectivity index (χ1) is 14.1. The quantitative estimate of drug-likeness (QED) is 0.359. The van der Waals surface area contributed by atoms with E-state index in [4.69, 9.17) is 4.74 Å². The molecule has 0 saturated heterocycles. The number of thiophene rings is 1. The zero-order valence-corrected chi connectivity index (χ0v) is 19.0. The van der Waals surface area contributed by atoms with Crippen LogP contribution in [-0.2, 0) is 24.1 Å². The number of hydrogen-bond donors (Lipinski definition) is 0. The van der Waals surface area contributed by atoms with Crippen LogP contribution in [0.3, 0.4) is 0 Å². The first kappa shape index (κ1) is 22.0. The lowest BCUT2D eigenvalue weighted by Gasteiger charge is -2.35. The van der Waals surface area contributed by atoms with E-state index < -0.39 is 0 Å². The van der Waals surface area contributed by atoms with Crippen LogP contribution < -0.4 is 4.74 Å². The Kier molecular flexibility index (Phi) is 8.31. The molecular weight excluding hydrogens is 378 g/mol. The Labute approximate surface area is 180 Å². The zero-order chi connectivity index (χ0) is 20.6. The van der Waals surface area contributed by atoms with Gasteiger partial charge in [-0.3, -0.25) is 9.69 Å². The molecule has 0 fully saturated rings. The van der Waals surface area contributed by atoms with E-state index in [-0.39, 0.29) is 5.97 Å². The van der Waals surface area contributed by atoms with Crippen molar-refractivity contribution < 1.29 is 9.53 Å². The number of benzene rings is 1. The van der Waals surface area contributed by atoms with Crippen molar-refractivity contribution in [1.82, 2.24) is 4.90 Å². The summed E-state index contributed by atoms with van der Waals surface area (Å²) in [5.41, 5.74) is 2.60. The van der Waals surface area contributed by atoms with Gasteiger partial charge in [-0.1, -0.05) is 39.0 Å². The lowest BCUT2D eigenvalue weighted by atomic mass is 9.86. The van der Waals surface area contributed by atoms with E-state index >= 15 is 0 Å². The van der Waals surface area contributed by atoms with Crippen LogP contribution in [-0.4, -0.2) is 30.0 Å². The van der Waals surface area contributed by atoms with Gasteiger partial charge >= 0.3 is 5.97 Å². The number of nitrogens with zero attached hydrogens (tertiary/aromatic N) is 1. The maximum absolute atomic E-state index is 12.2. The molecule has 0 N–H and O–H groups in total. The lowest BCUT2D eigenvalue weighted by molar-refractivity contribution is -0.134. The summed E-state index contributed by atoms with van der Waals surface area (Å²) < 4.78 is 5.75. The van der Waals surface area contributed by atoms with Crippen molar-refractivity contribution in [2.45, 2.75) is 71.8 Å². The highest BCUT2D eigenvalue weighted by atomic mass is 32.1. The minimum atomic E-state index is -0.0993. The Morgan fingerprint density at radius 3 is 2.83 bits per heavy atom. The number of fused-ring (bicyclic) bond motifs is 1. The molecule has 0 spiro atoms. The van der Waals surface area contributed by atoms with Crippen LogP contribution in [0.5, 0.6) is 5.75 Å². The molecule has 4 heteroatoms. The highest BCUT2D eigenvalue weighted by Crippen LogP contribution is 2.32. The third-order valence-electron chi connectivity index (χ3n) is 5.82. The summed E-state index contributed by atoms with van der Waals surface area (Å²) in [7, 11) is 0. The SMILES string of the molecule is CCCN(CCc1cccs1)C1CCc2c(cccc2OC(=O)CCC(C)C)C1. The predicted molar refractivity (Wildman–Crippen MR) is 122 cm³/mol. The normalized spacial score (nSPS) is 16.2. The molecular formula is C25H35NO2S. The zero-order valence-electron chi connectivity index (χ0n) is 18.2. The van der Waals surface area contributed by atoms with E-state index in [9.17, 15) is 4.79 Å². The van der Waals surface area contributed by atoms with Crippen LogP contribution in [0.4, 0.5) is 0 Å². The predicted octanol–water partition coefficient (Wildman–Crippen LogP) is 5.90. The van der Waals surface area contributed by atoms with Gasteiger partial charge in [-0.2, -0.15) is 0 Å². The Hall–Kier alpha value is -1.65. The molecule has 1 atom stereocenters. The topological polar surface area (TPSA) is 29.5 Å². The summed E-state index contributed by atoms with van der Waals surface area (Å²) in [4.78, 5) is 16.4. The summed E-state index contributed by atoms with van der Waals surface area (Å²) >= 11 is 1.86. The van der Waals surface area contributed by atoms with Crippen LogP contribution in [0.25, 0.3) is 0 Å². The molecule has 1 aliphatic carbocycles. The fourth-order valence-corrected chi connectivity index (χ4v) is 4.91. The highest BCUT2D eigenvalue weighted by Gasteiger charge is 2.26. The van der Waals surface area contributed by atoms with Gasteiger partial charge in [-0.15, -0.1) is 11.3 Å². The van der Waals surface area contributed by atoms with E-state index in [1.54, 1.807) is 0 Å². The molecule has 3 nitrogen and oxygen atoms in total. The van der Waals surface area contributed by atoms with Gasteiger partial charge in [0.25, 0.3) is 0 Å². The molecule has 29 heavy (non-hydrogen) atoms. The molecule has 0 aliphatic heterocycles. The van der Waals surface area contributed by atoms with Gasteiger partial charge in [0.05, 0.1) is 0 Å². The standard InChI is InChI=1S/C25H35NO2S/c1-4-15-26(16-14-22-8-6-17-29-22)21-11-12-23-20(18-21)7-5-9-24(23)28-25(27)13-10-19(2)3/h5-9,17,19,21H,4,10-16,18H2,1-3H3. The van der Waals surface area contributed by atoms with Crippen molar-refractivity contribution in [1.29, 1.82) is 0 Å². The summed E-state index contributed by atoms with van der Waals surface area (Å²) in [5.74, 6) is 1.21. The van der Waals surface area contributed by atoms with Gasteiger partial charge < -0.3 is 4.74 Å². The molecule has 0 saturated carbocycles. The van der Waals surface area contributed by atoms with Crippen molar-refractivity contribution in [2.24, 2.45) is 5.92 Å². The van der Waals surface area contributed by atoms with Gasteiger partial charge in [0.1, 0.15) is 5.75 Å². The Bertz CT molecular complexity index is 769. The Morgan fingerprint density at radius 2 is 2.10 bits per heavy atom. The van der Waals surface area contributed by atoms with Gasteiger partial charge in [-0.25, -0.2) is 0 Å². The summed E-state index contributed by atoms with van der Waals surface area (Å²) in [5, 5.41) is 2.17. The summed E-state index contributed by atoms with van der Waals surface area (Å²) in [6.45, 7) is 8.81. The van der Waals surface area contributed by atoms with Crippen LogP contribution in [0.2, 0.25) is 0 Å². The van der Waals surface area contributed by atoms with E-state index in [0.717, 1.165) is 50.9 Å². The number of rotatable bonds is 10. The molecule has 3 rings (SSSR count). The van der Waals surface area contributed by atoms with Gasteiger partial charge in [0.2, 0.25) is 0 Å². The fraction of sp³-hybridized carbons (Fsp3) is 0.560. The average molecular weight is 414 g/mol. The lowest BCUT2D eigenvalue weighted by Crippen LogP contribution is -2.41. The molecule has 1 unspecified atom stereocenters. The van der Waals surface area contributed by atoms with Crippen molar-refractivity contribution in [3.05, 3.63) is 51.7 Å².